The van der Waals surface area contributed by atoms with Crippen molar-refractivity contribution < 1.29 is 0 Å². The molecule has 2 heteroatoms. The van der Waals surface area contributed by atoms with E-state index in [-0.39, 0.29) is 0 Å². The summed E-state index contributed by atoms with van der Waals surface area (Å²) >= 11 is 0. The topological polar surface area (TPSA) is 15.3 Å². The van der Waals surface area contributed by atoms with Gasteiger partial charge in [-0.15, -0.1) is 0 Å². The minimum atomic E-state index is 0.750. The predicted molar refractivity (Wildman–Crippen MR) is 81.1 cm³/mol. The van der Waals surface area contributed by atoms with Gasteiger partial charge in [-0.2, -0.15) is 0 Å². The Bertz CT molecular complexity index is 194. The number of likely N-dealkylation sites (tertiary alicyclic amines) is 1. The molecule has 2 nitrogen and oxygen atoms in total. The summed E-state index contributed by atoms with van der Waals surface area (Å²) in [5, 5.41) is 3.71. The van der Waals surface area contributed by atoms with E-state index in [2.05, 4.69) is 31.0 Å². The van der Waals surface area contributed by atoms with Gasteiger partial charge in [0.2, 0.25) is 0 Å². The van der Waals surface area contributed by atoms with Gasteiger partial charge in [0.1, 0.15) is 0 Å². The van der Waals surface area contributed by atoms with E-state index in [1.165, 1.54) is 71.0 Å². The monoisotopic (exact) mass is 254 g/mol. The van der Waals surface area contributed by atoms with E-state index in [1.54, 1.807) is 0 Å². The van der Waals surface area contributed by atoms with E-state index < -0.39 is 0 Å². The smallest absolute Gasteiger partial charge is 0.0195 e. The van der Waals surface area contributed by atoms with Crippen LogP contribution >= 0.6 is 0 Å². The molecule has 0 bridgehead atoms. The maximum absolute atomic E-state index is 3.71. The zero-order valence-corrected chi connectivity index (χ0v) is 12.9. The highest BCUT2D eigenvalue weighted by Crippen LogP contribution is 2.20. The molecule has 108 valence electrons. The Morgan fingerprint density at radius 2 is 1.94 bits per heavy atom. The summed E-state index contributed by atoms with van der Waals surface area (Å²) in [6.07, 6.45) is 10.9. The Labute approximate surface area is 115 Å². The SMILES string of the molecule is CCCCC(CCC)N1CCCC(NCCC)C1. The molecule has 0 aromatic heterocycles. The molecule has 1 aliphatic rings. The summed E-state index contributed by atoms with van der Waals surface area (Å²) in [5.74, 6) is 0. The molecule has 18 heavy (non-hydrogen) atoms. The molecule has 1 heterocycles. The summed E-state index contributed by atoms with van der Waals surface area (Å²) in [6, 6.07) is 1.60. The molecular weight excluding hydrogens is 220 g/mol. The molecule has 0 saturated carbocycles. The molecule has 0 aromatic rings. The van der Waals surface area contributed by atoms with Crippen molar-refractivity contribution in [1.29, 1.82) is 0 Å². The number of hydrogen-bond acceptors (Lipinski definition) is 2. The number of piperidine rings is 1. The average Bonchev–Trinajstić information content (AvgIpc) is 2.41. The normalized spacial score (nSPS) is 23.2. The van der Waals surface area contributed by atoms with Crippen LogP contribution in [0.25, 0.3) is 0 Å². The summed E-state index contributed by atoms with van der Waals surface area (Å²) in [7, 11) is 0. The fraction of sp³-hybridized carbons (Fsp3) is 1.00. The van der Waals surface area contributed by atoms with E-state index in [1.807, 2.05) is 0 Å². The van der Waals surface area contributed by atoms with Crippen LogP contribution in [-0.4, -0.2) is 36.6 Å². The Morgan fingerprint density at radius 1 is 1.11 bits per heavy atom. The first-order valence-corrected chi connectivity index (χ1v) is 8.29. The Balaban J connectivity index is 2.39. The molecule has 0 radical (unpaired) electrons. The molecule has 0 aromatic carbocycles. The van der Waals surface area contributed by atoms with Gasteiger partial charge in [0.25, 0.3) is 0 Å². The van der Waals surface area contributed by atoms with Gasteiger partial charge >= 0.3 is 0 Å². The molecule has 2 unspecified atom stereocenters. The Kier molecular flexibility index (Phi) is 8.70. The third-order valence-electron chi connectivity index (χ3n) is 4.17. The van der Waals surface area contributed by atoms with Crippen LogP contribution in [-0.2, 0) is 0 Å². The zero-order valence-electron chi connectivity index (χ0n) is 12.9. The number of unbranched alkanes of at least 4 members (excludes halogenated alkanes) is 1. The van der Waals surface area contributed by atoms with Gasteiger partial charge in [0.05, 0.1) is 0 Å². The lowest BCUT2D eigenvalue weighted by atomic mass is 9.98. The van der Waals surface area contributed by atoms with Crippen LogP contribution in [0.4, 0.5) is 0 Å². The van der Waals surface area contributed by atoms with Crippen LogP contribution in [0.3, 0.4) is 0 Å². The van der Waals surface area contributed by atoms with Crippen LogP contribution in [0.15, 0.2) is 0 Å². The number of rotatable bonds is 9. The Morgan fingerprint density at radius 3 is 2.61 bits per heavy atom. The second kappa shape index (κ2) is 9.80. The van der Waals surface area contributed by atoms with Crippen molar-refractivity contribution in [2.45, 2.75) is 84.2 Å². The van der Waals surface area contributed by atoms with Crippen LogP contribution in [0, 0.1) is 0 Å². The van der Waals surface area contributed by atoms with E-state index in [4.69, 9.17) is 0 Å². The number of nitrogens with one attached hydrogen (secondary N) is 1. The first-order valence-electron chi connectivity index (χ1n) is 8.29. The van der Waals surface area contributed by atoms with Gasteiger partial charge in [0.15, 0.2) is 0 Å². The maximum atomic E-state index is 3.71. The summed E-state index contributed by atoms with van der Waals surface area (Å²) in [6.45, 7) is 10.7. The van der Waals surface area contributed by atoms with Gasteiger partial charge in [0, 0.05) is 18.6 Å². The van der Waals surface area contributed by atoms with Gasteiger partial charge in [-0.1, -0.05) is 40.0 Å². The van der Waals surface area contributed by atoms with Crippen molar-refractivity contribution in [1.82, 2.24) is 10.2 Å². The zero-order chi connectivity index (χ0) is 13.2. The van der Waals surface area contributed by atoms with Crippen molar-refractivity contribution in [3.05, 3.63) is 0 Å². The highest BCUT2D eigenvalue weighted by Gasteiger charge is 2.24. The van der Waals surface area contributed by atoms with Crippen molar-refractivity contribution in [3.63, 3.8) is 0 Å². The third-order valence-corrected chi connectivity index (χ3v) is 4.17. The molecule has 1 aliphatic heterocycles. The molecule has 0 spiro atoms. The molecular formula is C16H34N2. The highest BCUT2D eigenvalue weighted by atomic mass is 15.2. The van der Waals surface area contributed by atoms with E-state index in [0.29, 0.717) is 0 Å². The van der Waals surface area contributed by atoms with Crippen LogP contribution in [0.2, 0.25) is 0 Å². The largest absolute Gasteiger partial charge is 0.313 e. The summed E-state index contributed by atoms with van der Waals surface area (Å²) in [5.41, 5.74) is 0. The molecule has 1 fully saturated rings. The van der Waals surface area contributed by atoms with Crippen LogP contribution in [0.5, 0.6) is 0 Å². The van der Waals surface area contributed by atoms with Gasteiger partial charge in [-0.3, -0.25) is 4.90 Å². The fourth-order valence-corrected chi connectivity index (χ4v) is 3.14. The second-order valence-corrected chi connectivity index (χ2v) is 5.87. The molecule has 1 rings (SSSR count). The molecule has 0 amide bonds. The van der Waals surface area contributed by atoms with Crippen molar-refractivity contribution in [3.8, 4) is 0 Å². The standard InChI is InChI=1S/C16H34N2/c1-4-7-11-16(9-5-2)18-13-8-10-15(14-18)17-12-6-3/h15-17H,4-14H2,1-3H3. The lowest BCUT2D eigenvalue weighted by Crippen LogP contribution is -2.49. The highest BCUT2D eigenvalue weighted by molar-refractivity contribution is 4.82. The lowest BCUT2D eigenvalue weighted by molar-refractivity contribution is 0.122. The first kappa shape index (κ1) is 16.0. The molecule has 1 saturated heterocycles. The Hall–Kier alpha value is -0.0800. The van der Waals surface area contributed by atoms with Gasteiger partial charge in [-0.05, 0) is 45.2 Å². The quantitative estimate of drug-likeness (QED) is 0.673. The van der Waals surface area contributed by atoms with Crippen LogP contribution < -0.4 is 5.32 Å². The van der Waals surface area contributed by atoms with Crippen molar-refractivity contribution in [2.75, 3.05) is 19.6 Å². The fourth-order valence-electron chi connectivity index (χ4n) is 3.14. The average molecular weight is 254 g/mol. The molecule has 0 aliphatic carbocycles. The molecule has 1 N–H and O–H groups in total. The van der Waals surface area contributed by atoms with E-state index >= 15 is 0 Å². The second-order valence-electron chi connectivity index (χ2n) is 5.87. The lowest BCUT2D eigenvalue weighted by Gasteiger charge is -2.39. The van der Waals surface area contributed by atoms with Crippen LogP contribution in [0.1, 0.15) is 72.1 Å². The number of hydrogen-bond donors (Lipinski definition) is 1. The van der Waals surface area contributed by atoms with Gasteiger partial charge < -0.3 is 5.32 Å². The maximum Gasteiger partial charge on any atom is 0.0195 e. The molecule has 2 atom stereocenters. The van der Waals surface area contributed by atoms with Crippen molar-refractivity contribution in [2.24, 2.45) is 0 Å². The predicted octanol–water partition coefficient (Wildman–Crippen LogP) is 3.81. The first-order chi connectivity index (χ1) is 8.81. The summed E-state index contributed by atoms with van der Waals surface area (Å²) in [4.78, 5) is 2.77. The van der Waals surface area contributed by atoms with Gasteiger partial charge in [-0.25, -0.2) is 0 Å². The minimum Gasteiger partial charge on any atom is -0.313 e. The minimum absolute atomic E-state index is 0.750. The number of nitrogens with zero attached hydrogens (tertiary/aromatic N) is 1. The van der Waals surface area contributed by atoms with E-state index in [0.717, 1.165) is 12.1 Å². The third kappa shape index (κ3) is 5.71. The van der Waals surface area contributed by atoms with Crippen molar-refractivity contribution >= 4 is 0 Å². The van der Waals surface area contributed by atoms with E-state index in [9.17, 15) is 0 Å². The summed E-state index contributed by atoms with van der Waals surface area (Å²) < 4.78 is 0.